The van der Waals surface area contributed by atoms with E-state index < -0.39 is 0 Å². The van der Waals surface area contributed by atoms with E-state index >= 15 is 0 Å². The molecule has 0 aromatic carbocycles. The number of nitrogens with zero attached hydrogens (tertiary/aromatic N) is 3. The molecule has 18 heavy (non-hydrogen) atoms. The largest absolute Gasteiger partial charge is 0.345 e. The predicted octanol–water partition coefficient (Wildman–Crippen LogP) is 1.90. The van der Waals surface area contributed by atoms with Crippen LogP contribution in [0.4, 0.5) is 5.95 Å². The number of anilines is 1. The molecule has 4 nitrogen and oxygen atoms in total. The maximum Gasteiger partial charge on any atom is 0.205 e. The van der Waals surface area contributed by atoms with Crippen molar-refractivity contribution in [3.63, 3.8) is 0 Å². The summed E-state index contributed by atoms with van der Waals surface area (Å²) in [5, 5.41) is 3.42. The van der Waals surface area contributed by atoms with Gasteiger partial charge in [0.05, 0.1) is 5.69 Å². The molecule has 0 spiro atoms. The first-order valence-electron chi connectivity index (χ1n) is 7.22. The van der Waals surface area contributed by atoms with Crippen LogP contribution in [-0.2, 0) is 13.0 Å². The molecule has 0 atom stereocenters. The van der Waals surface area contributed by atoms with Crippen LogP contribution in [0.5, 0.6) is 0 Å². The fourth-order valence-electron chi connectivity index (χ4n) is 2.70. The van der Waals surface area contributed by atoms with E-state index in [0.717, 1.165) is 31.4 Å². The lowest BCUT2D eigenvalue weighted by Crippen LogP contribution is -2.35. The smallest absolute Gasteiger partial charge is 0.205 e. The molecule has 2 heterocycles. The van der Waals surface area contributed by atoms with Crippen LogP contribution in [0.25, 0.3) is 0 Å². The van der Waals surface area contributed by atoms with Crippen LogP contribution >= 0.6 is 0 Å². The van der Waals surface area contributed by atoms with Crippen molar-refractivity contribution in [1.29, 1.82) is 0 Å². The van der Waals surface area contributed by atoms with E-state index in [1.165, 1.54) is 31.6 Å². The third-order valence-corrected chi connectivity index (χ3v) is 3.84. The molecule has 1 aliphatic rings. The average molecular weight is 250 g/mol. The third kappa shape index (κ3) is 3.05. The lowest BCUT2D eigenvalue weighted by atomic mass is 9.98. The number of hydrogen-bond donors (Lipinski definition) is 1. The van der Waals surface area contributed by atoms with Gasteiger partial charge in [0.15, 0.2) is 0 Å². The second kappa shape index (κ2) is 6.23. The van der Waals surface area contributed by atoms with E-state index in [9.17, 15) is 0 Å². The Balaban J connectivity index is 2.02. The molecule has 1 fully saturated rings. The summed E-state index contributed by atoms with van der Waals surface area (Å²) < 4.78 is 2.26. The van der Waals surface area contributed by atoms with E-state index in [1.54, 1.807) is 0 Å². The van der Waals surface area contributed by atoms with Crippen molar-refractivity contribution in [2.75, 3.05) is 31.6 Å². The Kier molecular flexibility index (Phi) is 4.64. The maximum absolute atomic E-state index is 4.74. The van der Waals surface area contributed by atoms with Crippen LogP contribution in [0, 0.1) is 5.92 Å². The minimum atomic E-state index is 0.809. The molecule has 4 heteroatoms. The minimum Gasteiger partial charge on any atom is -0.345 e. The van der Waals surface area contributed by atoms with Gasteiger partial charge >= 0.3 is 0 Å². The summed E-state index contributed by atoms with van der Waals surface area (Å²) in [6, 6.07) is 0. The van der Waals surface area contributed by atoms with Gasteiger partial charge < -0.3 is 14.8 Å². The van der Waals surface area contributed by atoms with Crippen molar-refractivity contribution >= 4 is 5.95 Å². The van der Waals surface area contributed by atoms with Crippen LogP contribution in [0.1, 0.15) is 32.4 Å². The van der Waals surface area contributed by atoms with Crippen LogP contribution in [0.2, 0.25) is 0 Å². The normalized spacial score (nSPS) is 17.1. The second-order valence-electron chi connectivity index (χ2n) is 5.25. The highest BCUT2D eigenvalue weighted by atomic mass is 15.3. The highest BCUT2D eigenvalue weighted by Crippen LogP contribution is 2.18. The molecule has 1 saturated heterocycles. The fraction of sp³-hybridized carbons (Fsp3) is 0.786. The third-order valence-electron chi connectivity index (χ3n) is 3.84. The Hall–Kier alpha value is -1.03. The van der Waals surface area contributed by atoms with E-state index in [4.69, 9.17) is 4.98 Å². The summed E-state index contributed by atoms with van der Waals surface area (Å²) in [5.41, 5.74) is 1.20. The molecular weight excluding hydrogens is 224 g/mol. The summed E-state index contributed by atoms with van der Waals surface area (Å²) in [4.78, 5) is 7.07. The second-order valence-corrected chi connectivity index (χ2v) is 5.25. The van der Waals surface area contributed by atoms with Gasteiger partial charge in [-0.3, -0.25) is 0 Å². The molecule has 0 saturated carbocycles. The molecule has 0 bridgehead atoms. The summed E-state index contributed by atoms with van der Waals surface area (Å²) in [6.45, 7) is 8.81. The number of imidazole rings is 1. The van der Waals surface area contributed by atoms with E-state index in [0.29, 0.717) is 0 Å². The standard InChI is InChI=1S/C14H26N4/c1-4-13-11-18(5-2)14(16-13)17(3)10-12-6-8-15-9-7-12/h11-12,15H,4-10H2,1-3H3. The maximum atomic E-state index is 4.74. The highest BCUT2D eigenvalue weighted by Gasteiger charge is 2.18. The number of rotatable bonds is 5. The van der Waals surface area contributed by atoms with Crippen molar-refractivity contribution in [3.05, 3.63) is 11.9 Å². The lowest BCUT2D eigenvalue weighted by molar-refractivity contribution is 0.376. The molecule has 1 aromatic rings. The first-order valence-corrected chi connectivity index (χ1v) is 7.22. The summed E-state index contributed by atoms with van der Waals surface area (Å²) in [7, 11) is 2.18. The molecule has 0 amide bonds. The first-order chi connectivity index (χ1) is 8.74. The summed E-state index contributed by atoms with van der Waals surface area (Å²) in [6.07, 6.45) is 5.78. The lowest BCUT2D eigenvalue weighted by Gasteiger charge is -2.28. The number of nitrogens with one attached hydrogen (secondary N) is 1. The summed E-state index contributed by atoms with van der Waals surface area (Å²) in [5.74, 6) is 1.94. The Morgan fingerprint density at radius 3 is 2.72 bits per heavy atom. The van der Waals surface area contributed by atoms with Crippen molar-refractivity contribution in [1.82, 2.24) is 14.9 Å². The molecular formula is C14H26N4. The molecule has 1 aromatic heterocycles. The Labute approximate surface area is 110 Å². The van der Waals surface area contributed by atoms with Crippen molar-refractivity contribution in [2.24, 2.45) is 5.92 Å². The van der Waals surface area contributed by atoms with Gasteiger partial charge in [-0.15, -0.1) is 0 Å². The van der Waals surface area contributed by atoms with Crippen LogP contribution < -0.4 is 10.2 Å². The zero-order valence-electron chi connectivity index (χ0n) is 11.9. The first kappa shape index (κ1) is 13.4. The monoisotopic (exact) mass is 250 g/mol. The van der Waals surface area contributed by atoms with Crippen molar-refractivity contribution in [3.8, 4) is 0 Å². The molecule has 1 N–H and O–H groups in total. The van der Waals surface area contributed by atoms with Crippen LogP contribution in [0.15, 0.2) is 6.20 Å². The average Bonchev–Trinajstić information content (AvgIpc) is 2.83. The van der Waals surface area contributed by atoms with Gasteiger partial charge in [0.2, 0.25) is 5.95 Å². The fourth-order valence-corrected chi connectivity index (χ4v) is 2.70. The molecule has 0 aliphatic carbocycles. The van der Waals surface area contributed by atoms with E-state index in [2.05, 4.69) is 41.9 Å². The Bertz CT molecular complexity index is 366. The zero-order chi connectivity index (χ0) is 13.0. The molecule has 2 rings (SSSR count). The molecule has 0 unspecified atom stereocenters. The van der Waals surface area contributed by atoms with E-state index in [1.807, 2.05) is 0 Å². The molecule has 1 aliphatic heterocycles. The van der Waals surface area contributed by atoms with Gasteiger partial charge in [0.1, 0.15) is 0 Å². The van der Waals surface area contributed by atoms with Crippen LogP contribution in [-0.4, -0.2) is 36.2 Å². The van der Waals surface area contributed by atoms with Crippen molar-refractivity contribution in [2.45, 2.75) is 39.7 Å². The van der Waals surface area contributed by atoms with Crippen LogP contribution in [0.3, 0.4) is 0 Å². The van der Waals surface area contributed by atoms with Gasteiger partial charge in [-0.2, -0.15) is 0 Å². The Morgan fingerprint density at radius 2 is 2.11 bits per heavy atom. The number of aromatic nitrogens is 2. The predicted molar refractivity (Wildman–Crippen MR) is 76.1 cm³/mol. The highest BCUT2D eigenvalue weighted by molar-refractivity contribution is 5.32. The molecule has 102 valence electrons. The number of hydrogen-bond acceptors (Lipinski definition) is 3. The topological polar surface area (TPSA) is 33.1 Å². The number of aryl methyl sites for hydroxylation is 2. The van der Waals surface area contributed by atoms with E-state index in [-0.39, 0.29) is 0 Å². The van der Waals surface area contributed by atoms with Gasteiger partial charge in [-0.1, -0.05) is 6.92 Å². The number of piperidine rings is 1. The van der Waals surface area contributed by atoms with Gasteiger partial charge in [0.25, 0.3) is 0 Å². The van der Waals surface area contributed by atoms with Crippen molar-refractivity contribution < 1.29 is 0 Å². The molecule has 0 radical (unpaired) electrons. The SMILES string of the molecule is CCc1cn(CC)c(N(C)CC2CCNCC2)n1. The van der Waals surface area contributed by atoms with Gasteiger partial charge in [-0.25, -0.2) is 4.98 Å². The Morgan fingerprint density at radius 1 is 1.39 bits per heavy atom. The van der Waals surface area contributed by atoms with Gasteiger partial charge in [0, 0.05) is 26.3 Å². The minimum absolute atomic E-state index is 0.809. The van der Waals surface area contributed by atoms with Gasteiger partial charge in [-0.05, 0) is 45.2 Å². The quantitative estimate of drug-likeness (QED) is 0.866. The summed E-state index contributed by atoms with van der Waals surface area (Å²) >= 11 is 0. The zero-order valence-corrected chi connectivity index (χ0v) is 11.9.